The predicted molar refractivity (Wildman–Crippen MR) is 140 cm³/mol. The standard InChI is InChI=1S/C26H33N7O5/c1-14-8-9-18(30-14)24(36)32-20(12-22(27)34)26(38)33-10-4-7-21(33)25(37)31-19(23(28)35)11-15-13-29-17-6-3-2-5-16(15)17/h2-3,5-6,13,18-21,29H,4,7-12H2,1H3,(H2,27,34)(H2,28,35)(H,31,37)(H,32,36). The predicted octanol–water partition coefficient (Wildman–Crippen LogP) is -0.345. The van der Waals surface area contributed by atoms with Gasteiger partial charge < -0.3 is 32.0 Å². The molecule has 202 valence electrons. The Bertz CT molecular complexity index is 1290. The number of nitrogens with one attached hydrogen (secondary N) is 3. The molecule has 12 heteroatoms. The van der Waals surface area contributed by atoms with Gasteiger partial charge in [-0.1, -0.05) is 18.2 Å². The minimum atomic E-state index is -1.22. The molecule has 7 N–H and O–H groups in total. The van der Waals surface area contributed by atoms with Crippen LogP contribution in [0.2, 0.25) is 0 Å². The molecule has 2 aliphatic heterocycles. The highest BCUT2D eigenvalue weighted by Gasteiger charge is 2.40. The zero-order valence-electron chi connectivity index (χ0n) is 21.2. The van der Waals surface area contributed by atoms with Crippen LogP contribution in [0.15, 0.2) is 35.5 Å². The number of aromatic amines is 1. The van der Waals surface area contributed by atoms with Crippen molar-refractivity contribution in [3.8, 4) is 0 Å². The van der Waals surface area contributed by atoms with Crippen LogP contribution in [-0.4, -0.2) is 75.8 Å². The van der Waals surface area contributed by atoms with E-state index in [4.69, 9.17) is 11.5 Å². The lowest BCUT2D eigenvalue weighted by atomic mass is 10.0. The van der Waals surface area contributed by atoms with Crippen molar-refractivity contribution in [3.05, 3.63) is 36.0 Å². The summed E-state index contributed by atoms with van der Waals surface area (Å²) in [5.41, 5.74) is 13.5. The lowest BCUT2D eigenvalue weighted by Crippen LogP contribution is -2.57. The molecule has 2 aromatic rings. The molecule has 5 amide bonds. The summed E-state index contributed by atoms with van der Waals surface area (Å²) in [5, 5.41) is 6.22. The molecule has 0 bridgehead atoms. The van der Waals surface area contributed by atoms with Gasteiger partial charge in [-0.2, -0.15) is 0 Å². The van der Waals surface area contributed by atoms with Crippen LogP contribution in [-0.2, 0) is 30.4 Å². The van der Waals surface area contributed by atoms with E-state index in [9.17, 15) is 24.0 Å². The zero-order chi connectivity index (χ0) is 27.4. The fourth-order valence-electron chi connectivity index (χ4n) is 5.11. The summed E-state index contributed by atoms with van der Waals surface area (Å²) in [4.78, 5) is 72.1. The van der Waals surface area contributed by atoms with Crippen LogP contribution in [0.3, 0.4) is 0 Å². The number of aliphatic imine (C=N–C) groups is 1. The summed E-state index contributed by atoms with van der Waals surface area (Å²) in [6.45, 7) is 2.08. The van der Waals surface area contributed by atoms with Gasteiger partial charge in [0.2, 0.25) is 29.5 Å². The molecule has 3 heterocycles. The van der Waals surface area contributed by atoms with Gasteiger partial charge in [0.15, 0.2) is 0 Å². The molecule has 12 nitrogen and oxygen atoms in total. The van der Waals surface area contributed by atoms with Crippen molar-refractivity contribution in [2.24, 2.45) is 16.5 Å². The molecule has 38 heavy (non-hydrogen) atoms. The average Bonchev–Trinajstić information content (AvgIpc) is 3.62. The molecular formula is C26H33N7O5. The number of hydrogen-bond acceptors (Lipinski definition) is 6. The molecule has 2 aliphatic rings. The number of nitrogens with zero attached hydrogens (tertiary/aromatic N) is 2. The molecule has 4 atom stereocenters. The fourth-order valence-corrected chi connectivity index (χ4v) is 5.11. The van der Waals surface area contributed by atoms with Crippen LogP contribution in [0.4, 0.5) is 0 Å². The van der Waals surface area contributed by atoms with Gasteiger partial charge >= 0.3 is 0 Å². The Hall–Kier alpha value is -4.22. The Kier molecular flexibility index (Phi) is 8.08. The first kappa shape index (κ1) is 26.8. The van der Waals surface area contributed by atoms with Crippen molar-refractivity contribution in [1.29, 1.82) is 0 Å². The third-order valence-electron chi connectivity index (χ3n) is 7.08. The third-order valence-corrected chi connectivity index (χ3v) is 7.08. The molecule has 4 rings (SSSR count). The van der Waals surface area contributed by atoms with E-state index < -0.39 is 60.1 Å². The number of nitrogens with two attached hydrogens (primary N) is 2. The monoisotopic (exact) mass is 523 g/mol. The van der Waals surface area contributed by atoms with E-state index in [1.807, 2.05) is 31.2 Å². The Morgan fingerprint density at radius 3 is 2.50 bits per heavy atom. The van der Waals surface area contributed by atoms with Gasteiger partial charge in [0.1, 0.15) is 24.2 Å². The van der Waals surface area contributed by atoms with Crippen molar-refractivity contribution in [2.75, 3.05) is 6.54 Å². The van der Waals surface area contributed by atoms with Crippen molar-refractivity contribution in [3.63, 3.8) is 0 Å². The molecule has 0 spiro atoms. The number of primary amides is 2. The number of carbonyl (C=O) groups is 5. The average molecular weight is 524 g/mol. The smallest absolute Gasteiger partial charge is 0.246 e. The molecule has 1 aromatic heterocycles. The number of amides is 5. The Morgan fingerprint density at radius 1 is 1.08 bits per heavy atom. The van der Waals surface area contributed by atoms with Gasteiger partial charge in [0, 0.05) is 35.8 Å². The quantitative estimate of drug-likeness (QED) is 0.284. The number of benzene rings is 1. The van der Waals surface area contributed by atoms with Crippen LogP contribution in [0.25, 0.3) is 10.9 Å². The minimum absolute atomic E-state index is 0.174. The minimum Gasteiger partial charge on any atom is -0.370 e. The Morgan fingerprint density at radius 2 is 1.82 bits per heavy atom. The van der Waals surface area contributed by atoms with Crippen LogP contribution in [0.1, 0.15) is 44.6 Å². The summed E-state index contributed by atoms with van der Waals surface area (Å²) in [6, 6.07) is 3.84. The van der Waals surface area contributed by atoms with E-state index in [0.29, 0.717) is 25.7 Å². The van der Waals surface area contributed by atoms with E-state index in [0.717, 1.165) is 22.2 Å². The zero-order valence-corrected chi connectivity index (χ0v) is 21.2. The van der Waals surface area contributed by atoms with Crippen LogP contribution < -0.4 is 22.1 Å². The fraction of sp³-hybridized carbons (Fsp3) is 0.462. The maximum atomic E-state index is 13.4. The van der Waals surface area contributed by atoms with Crippen molar-refractivity contribution < 1.29 is 24.0 Å². The molecule has 0 aliphatic carbocycles. The van der Waals surface area contributed by atoms with Crippen molar-refractivity contribution in [1.82, 2.24) is 20.5 Å². The van der Waals surface area contributed by atoms with Crippen LogP contribution >= 0.6 is 0 Å². The normalized spacial score (nSPS) is 20.6. The number of aromatic nitrogens is 1. The summed E-state index contributed by atoms with van der Waals surface area (Å²) in [6.07, 6.45) is 3.64. The lowest BCUT2D eigenvalue weighted by molar-refractivity contribution is -0.143. The largest absolute Gasteiger partial charge is 0.370 e. The second-order valence-electron chi connectivity index (χ2n) is 9.87. The van der Waals surface area contributed by atoms with Gasteiger partial charge in [0.05, 0.1) is 6.42 Å². The maximum absolute atomic E-state index is 13.4. The van der Waals surface area contributed by atoms with E-state index in [2.05, 4.69) is 20.6 Å². The summed E-state index contributed by atoms with van der Waals surface area (Å²) in [5.74, 6) is -3.04. The lowest BCUT2D eigenvalue weighted by Gasteiger charge is -2.29. The number of H-pyrrole nitrogens is 1. The molecule has 1 fully saturated rings. The van der Waals surface area contributed by atoms with E-state index in [-0.39, 0.29) is 13.0 Å². The first-order valence-electron chi connectivity index (χ1n) is 12.7. The number of likely N-dealkylation sites (tertiary alicyclic amines) is 1. The van der Waals surface area contributed by atoms with Crippen LogP contribution in [0, 0.1) is 0 Å². The Balaban J connectivity index is 1.45. The highest BCUT2D eigenvalue weighted by Crippen LogP contribution is 2.22. The number of fused-ring (bicyclic) bond motifs is 1. The molecule has 0 radical (unpaired) electrons. The number of para-hydroxylation sites is 1. The number of carbonyl (C=O) groups excluding carboxylic acids is 5. The summed E-state index contributed by atoms with van der Waals surface area (Å²) >= 11 is 0. The number of rotatable bonds is 10. The molecule has 1 aromatic carbocycles. The maximum Gasteiger partial charge on any atom is 0.246 e. The third kappa shape index (κ3) is 6.01. The molecule has 4 unspecified atom stereocenters. The second kappa shape index (κ2) is 11.4. The SMILES string of the molecule is CC1=NC(C(=O)NC(CC(N)=O)C(=O)N2CCCC2C(=O)NC(Cc2c[nH]c3ccccc23)C(N)=O)CC1. The molecule has 1 saturated heterocycles. The van der Waals surface area contributed by atoms with Gasteiger partial charge in [-0.05, 0) is 44.2 Å². The van der Waals surface area contributed by atoms with Gasteiger partial charge in [-0.15, -0.1) is 0 Å². The van der Waals surface area contributed by atoms with Crippen LogP contribution in [0.5, 0.6) is 0 Å². The van der Waals surface area contributed by atoms with E-state index in [1.165, 1.54) is 4.90 Å². The summed E-state index contributed by atoms with van der Waals surface area (Å²) < 4.78 is 0. The first-order valence-corrected chi connectivity index (χ1v) is 12.7. The number of hydrogen-bond donors (Lipinski definition) is 5. The van der Waals surface area contributed by atoms with E-state index >= 15 is 0 Å². The Labute approximate surface area is 219 Å². The van der Waals surface area contributed by atoms with Gasteiger partial charge in [0.25, 0.3) is 0 Å². The van der Waals surface area contributed by atoms with Gasteiger partial charge in [-0.3, -0.25) is 29.0 Å². The highest BCUT2D eigenvalue weighted by atomic mass is 16.2. The highest BCUT2D eigenvalue weighted by molar-refractivity contribution is 5.98. The van der Waals surface area contributed by atoms with Crippen molar-refractivity contribution in [2.45, 2.75) is 69.6 Å². The molecular weight excluding hydrogens is 490 g/mol. The summed E-state index contributed by atoms with van der Waals surface area (Å²) in [7, 11) is 0. The van der Waals surface area contributed by atoms with E-state index in [1.54, 1.807) is 6.20 Å². The molecule has 0 saturated carbocycles. The second-order valence-corrected chi connectivity index (χ2v) is 9.87. The van der Waals surface area contributed by atoms with Crippen molar-refractivity contribution >= 4 is 46.2 Å². The first-order chi connectivity index (χ1) is 18.1. The topological polar surface area (TPSA) is 193 Å². The van der Waals surface area contributed by atoms with Gasteiger partial charge in [-0.25, -0.2) is 0 Å².